The van der Waals surface area contributed by atoms with E-state index < -0.39 is 29.1 Å². The van der Waals surface area contributed by atoms with Crippen molar-refractivity contribution in [2.75, 3.05) is 0 Å². The van der Waals surface area contributed by atoms with Crippen LogP contribution in [-0.4, -0.2) is 4.98 Å². The summed E-state index contributed by atoms with van der Waals surface area (Å²) in [5.41, 5.74) is -2.67. The Morgan fingerprint density at radius 3 is 2.62 bits per heavy atom. The molecule has 0 amide bonds. The smallest absolute Gasteiger partial charge is 0.284 e. The van der Waals surface area contributed by atoms with E-state index in [1.807, 2.05) is 0 Å². The zero-order valence-electron chi connectivity index (χ0n) is 6.14. The number of halogens is 3. The molecule has 0 radical (unpaired) electrons. The summed E-state index contributed by atoms with van der Waals surface area (Å²) in [5.74, 6) is -1.25. The van der Waals surface area contributed by atoms with Gasteiger partial charge in [0.15, 0.2) is 5.82 Å². The summed E-state index contributed by atoms with van der Waals surface area (Å²) in [6.07, 6.45) is -3.00. The monoisotopic (exact) mass is 188 g/mol. The summed E-state index contributed by atoms with van der Waals surface area (Å²) >= 11 is 0. The lowest BCUT2D eigenvalue weighted by molar-refractivity contribution is 0.145. The minimum absolute atomic E-state index is 0.486. The summed E-state index contributed by atoms with van der Waals surface area (Å²) in [7, 11) is 0. The first-order chi connectivity index (χ1) is 6.06. The van der Waals surface area contributed by atoms with Gasteiger partial charge >= 0.3 is 0 Å². The molecule has 0 aromatic carbocycles. The van der Waals surface area contributed by atoms with Crippen LogP contribution in [0.3, 0.4) is 0 Å². The van der Waals surface area contributed by atoms with Gasteiger partial charge in [-0.05, 0) is 6.07 Å². The Kier molecular flexibility index (Phi) is 2.37. The number of hydrogen-bond donors (Lipinski definition) is 1. The molecule has 1 rings (SSSR count). The van der Waals surface area contributed by atoms with Gasteiger partial charge in [-0.1, -0.05) is 0 Å². The standard InChI is InChI=1S/C7H3F3N2O/c8-4-1-3(2-11)5(6(9)10)12-7(4)13/h1,6H,(H,12,13). The molecule has 68 valence electrons. The Morgan fingerprint density at radius 2 is 2.15 bits per heavy atom. The zero-order chi connectivity index (χ0) is 10.0. The Balaban J connectivity index is 3.44. The van der Waals surface area contributed by atoms with Crippen molar-refractivity contribution in [3.8, 4) is 6.07 Å². The van der Waals surface area contributed by atoms with Crippen molar-refractivity contribution in [3.63, 3.8) is 0 Å². The third kappa shape index (κ3) is 1.69. The van der Waals surface area contributed by atoms with Gasteiger partial charge < -0.3 is 4.98 Å². The molecular weight excluding hydrogens is 185 g/mol. The molecule has 0 atom stereocenters. The van der Waals surface area contributed by atoms with Gasteiger partial charge in [0.25, 0.3) is 12.0 Å². The van der Waals surface area contributed by atoms with Crippen molar-refractivity contribution in [2.45, 2.75) is 6.43 Å². The maximum Gasteiger partial charge on any atom is 0.284 e. The summed E-state index contributed by atoms with van der Waals surface area (Å²) < 4.78 is 36.6. The van der Waals surface area contributed by atoms with Gasteiger partial charge in [0.1, 0.15) is 11.8 Å². The highest BCUT2D eigenvalue weighted by Gasteiger charge is 2.16. The van der Waals surface area contributed by atoms with Gasteiger partial charge in [0, 0.05) is 0 Å². The van der Waals surface area contributed by atoms with Gasteiger partial charge in [-0.2, -0.15) is 5.26 Å². The maximum absolute atomic E-state index is 12.5. The van der Waals surface area contributed by atoms with E-state index in [9.17, 15) is 18.0 Å². The van der Waals surface area contributed by atoms with Crippen molar-refractivity contribution >= 4 is 0 Å². The number of aromatic amines is 1. The topological polar surface area (TPSA) is 56.6 Å². The Labute approximate surface area is 70.4 Å². The van der Waals surface area contributed by atoms with Crippen LogP contribution in [0.15, 0.2) is 10.9 Å². The molecule has 0 saturated heterocycles. The van der Waals surface area contributed by atoms with E-state index in [2.05, 4.69) is 0 Å². The van der Waals surface area contributed by atoms with Crippen LogP contribution in [-0.2, 0) is 0 Å². The number of hydrogen-bond acceptors (Lipinski definition) is 2. The van der Waals surface area contributed by atoms with E-state index >= 15 is 0 Å². The zero-order valence-corrected chi connectivity index (χ0v) is 6.14. The third-order valence-corrected chi connectivity index (χ3v) is 1.37. The summed E-state index contributed by atoms with van der Waals surface area (Å²) in [4.78, 5) is 12.1. The average molecular weight is 188 g/mol. The molecule has 0 aliphatic carbocycles. The number of nitriles is 1. The maximum atomic E-state index is 12.5. The molecular formula is C7H3F3N2O. The van der Waals surface area contributed by atoms with Crippen LogP contribution in [0.25, 0.3) is 0 Å². The molecule has 1 aromatic heterocycles. The van der Waals surface area contributed by atoms with Crippen molar-refractivity contribution in [1.29, 1.82) is 5.26 Å². The van der Waals surface area contributed by atoms with Crippen molar-refractivity contribution in [1.82, 2.24) is 4.98 Å². The lowest BCUT2D eigenvalue weighted by atomic mass is 10.2. The van der Waals surface area contributed by atoms with Gasteiger partial charge in [-0.15, -0.1) is 0 Å². The quantitative estimate of drug-likeness (QED) is 0.722. The highest BCUT2D eigenvalue weighted by Crippen LogP contribution is 2.18. The van der Waals surface area contributed by atoms with E-state index in [0.717, 1.165) is 0 Å². The molecule has 0 fully saturated rings. The van der Waals surface area contributed by atoms with Crippen LogP contribution in [0, 0.1) is 17.1 Å². The minimum Gasteiger partial charge on any atom is -0.317 e. The summed E-state index contributed by atoms with van der Waals surface area (Å²) in [5, 5.41) is 8.31. The molecule has 0 aliphatic rings. The lowest BCUT2D eigenvalue weighted by Gasteiger charge is -2.00. The van der Waals surface area contributed by atoms with E-state index in [1.165, 1.54) is 6.07 Å². The molecule has 1 heterocycles. The Hall–Kier alpha value is -1.77. The fraction of sp³-hybridized carbons (Fsp3) is 0.143. The number of aromatic nitrogens is 1. The largest absolute Gasteiger partial charge is 0.317 e. The molecule has 1 aromatic rings. The molecule has 3 nitrogen and oxygen atoms in total. The van der Waals surface area contributed by atoms with E-state index in [4.69, 9.17) is 5.26 Å². The first-order valence-corrected chi connectivity index (χ1v) is 3.17. The molecule has 13 heavy (non-hydrogen) atoms. The van der Waals surface area contributed by atoms with Crippen LogP contribution in [0.5, 0.6) is 0 Å². The van der Waals surface area contributed by atoms with Crippen molar-refractivity contribution in [3.05, 3.63) is 33.5 Å². The second-order valence-electron chi connectivity index (χ2n) is 2.19. The van der Waals surface area contributed by atoms with Crippen LogP contribution >= 0.6 is 0 Å². The predicted molar refractivity (Wildman–Crippen MR) is 36.7 cm³/mol. The first-order valence-electron chi connectivity index (χ1n) is 3.17. The third-order valence-electron chi connectivity index (χ3n) is 1.37. The molecule has 0 aliphatic heterocycles. The molecule has 0 unspecified atom stereocenters. The molecule has 0 spiro atoms. The second-order valence-corrected chi connectivity index (χ2v) is 2.19. The van der Waals surface area contributed by atoms with Gasteiger partial charge in [0.2, 0.25) is 0 Å². The second kappa shape index (κ2) is 3.31. The summed E-state index contributed by atoms with van der Waals surface area (Å²) in [6.45, 7) is 0. The van der Waals surface area contributed by atoms with Crippen LogP contribution < -0.4 is 5.56 Å². The molecule has 0 saturated carbocycles. The number of nitrogens with zero attached hydrogens (tertiary/aromatic N) is 1. The van der Waals surface area contributed by atoms with Crippen LogP contribution in [0.4, 0.5) is 13.2 Å². The molecule has 1 N–H and O–H groups in total. The SMILES string of the molecule is N#Cc1cc(F)c(=O)[nH]c1C(F)F. The molecule has 0 bridgehead atoms. The van der Waals surface area contributed by atoms with Gasteiger partial charge in [-0.3, -0.25) is 4.79 Å². The van der Waals surface area contributed by atoms with E-state index in [1.54, 1.807) is 4.98 Å². The highest BCUT2D eigenvalue weighted by molar-refractivity contribution is 5.33. The number of alkyl halides is 2. The van der Waals surface area contributed by atoms with Gasteiger partial charge in [0.05, 0.1) is 5.56 Å². The predicted octanol–water partition coefficient (Wildman–Crippen LogP) is 1.32. The van der Waals surface area contributed by atoms with E-state index in [0.29, 0.717) is 6.07 Å². The normalized spacial score (nSPS) is 10.1. The Morgan fingerprint density at radius 1 is 1.54 bits per heavy atom. The highest BCUT2D eigenvalue weighted by atomic mass is 19.3. The summed E-state index contributed by atoms with van der Waals surface area (Å²) in [6, 6.07) is 1.84. The fourth-order valence-corrected chi connectivity index (χ4v) is 0.784. The van der Waals surface area contributed by atoms with Crippen LogP contribution in [0.2, 0.25) is 0 Å². The average Bonchev–Trinajstić information content (AvgIpc) is 2.08. The number of rotatable bonds is 1. The Bertz CT molecular complexity index is 419. The van der Waals surface area contributed by atoms with Gasteiger partial charge in [-0.25, -0.2) is 13.2 Å². The van der Waals surface area contributed by atoms with Crippen molar-refractivity contribution in [2.24, 2.45) is 0 Å². The first kappa shape index (κ1) is 9.32. The minimum atomic E-state index is -3.00. The number of pyridine rings is 1. The number of H-pyrrole nitrogens is 1. The van der Waals surface area contributed by atoms with E-state index in [-0.39, 0.29) is 0 Å². The lowest BCUT2D eigenvalue weighted by Crippen LogP contribution is -2.14. The van der Waals surface area contributed by atoms with Crippen LogP contribution in [0.1, 0.15) is 17.7 Å². The fourth-order valence-electron chi connectivity index (χ4n) is 0.784. The van der Waals surface area contributed by atoms with Crippen molar-refractivity contribution < 1.29 is 13.2 Å². The molecule has 6 heteroatoms. The number of nitrogens with one attached hydrogen (secondary N) is 1.